The fraction of sp³-hybridized carbons (Fsp3) is 0.571. The van der Waals surface area contributed by atoms with Crippen molar-refractivity contribution in [1.29, 1.82) is 0 Å². The van der Waals surface area contributed by atoms with E-state index in [2.05, 4.69) is 67.6 Å². The van der Waals surface area contributed by atoms with Gasteiger partial charge in [0.25, 0.3) is 0 Å². The average Bonchev–Trinajstić information content (AvgIpc) is 2.24. The predicted octanol–water partition coefficient (Wildman–Crippen LogP) is 4.58. The van der Waals surface area contributed by atoms with Gasteiger partial charge in [-0.2, -0.15) is 0 Å². The molecule has 1 rings (SSSR count). The van der Waals surface area contributed by atoms with Gasteiger partial charge in [-0.3, -0.25) is 0 Å². The van der Waals surface area contributed by atoms with Crippen LogP contribution in [0.2, 0.25) is 0 Å². The Balaban J connectivity index is 2.46. The Morgan fingerprint density at radius 2 is 1.69 bits per heavy atom. The molecule has 0 aliphatic carbocycles. The summed E-state index contributed by atoms with van der Waals surface area (Å²) in [5.41, 5.74) is 1.58. The Morgan fingerprint density at radius 3 is 2.19 bits per heavy atom. The molecular weight excluding hydrogens is 311 g/mol. The number of ether oxygens (including phenoxy) is 1. The highest BCUT2D eigenvalue weighted by molar-refractivity contribution is 14.1. The van der Waals surface area contributed by atoms with Gasteiger partial charge < -0.3 is 4.74 Å². The van der Waals surface area contributed by atoms with Crippen LogP contribution in [0, 0.1) is 0 Å². The second-order valence-corrected chi connectivity index (χ2v) is 6.10. The Hall–Kier alpha value is -0.250. The third-order valence-corrected chi connectivity index (χ3v) is 3.28. The lowest BCUT2D eigenvalue weighted by Crippen LogP contribution is -2.10. The second-order valence-electron chi connectivity index (χ2n) is 5.02. The fourth-order valence-corrected chi connectivity index (χ4v) is 1.98. The minimum Gasteiger partial charge on any atom is -0.494 e. The van der Waals surface area contributed by atoms with E-state index in [0.717, 1.165) is 18.8 Å². The largest absolute Gasteiger partial charge is 0.494 e. The first kappa shape index (κ1) is 13.8. The molecule has 0 amide bonds. The van der Waals surface area contributed by atoms with E-state index < -0.39 is 0 Å². The van der Waals surface area contributed by atoms with Gasteiger partial charge in [-0.1, -0.05) is 55.5 Å². The van der Waals surface area contributed by atoms with E-state index in [-0.39, 0.29) is 5.41 Å². The summed E-state index contributed by atoms with van der Waals surface area (Å²) in [4.78, 5) is 0. The second kappa shape index (κ2) is 6.48. The van der Waals surface area contributed by atoms with Gasteiger partial charge in [0, 0.05) is 0 Å². The molecular formula is C14H21IO. The first-order valence-electron chi connectivity index (χ1n) is 5.83. The average molecular weight is 332 g/mol. The molecule has 16 heavy (non-hydrogen) atoms. The zero-order valence-corrected chi connectivity index (χ0v) is 12.6. The first-order valence-corrected chi connectivity index (χ1v) is 7.36. The van der Waals surface area contributed by atoms with Crippen molar-refractivity contribution < 1.29 is 4.74 Å². The van der Waals surface area contributed by atoms with Crippen LogP contribution in [-0.2, 0) is 5.41 Å². The minimum atomic E-state index is 0.222. The third kappa shape index (κ3) is 4.73. The summed E-state index contributed by atoms with van der Waals surface area (Å²) in [7, 11) is 0. The van der Waals surface area contributed by atoms with Crippen molar-refractivity contribution in [2.24, 2.45) is 0 Å². The molecule has 1 nitrogen and oxygen atoms in total. The van der Waals surface area contributed by atoms with Crippen LogP contribution < -0.4 is 4.74 Å². The van der Waals surface area contributed by atoms with Crippen molar-refractivity contribution in [1.82, 2.24) is 0 Å². The van der Waals surface area contributed by atoms with Crippen LogP contribution >= 0.6 is 22.6 Å². The van der Waals surface area contributed by atoms with Gasteiger partial charge in [-0.15, -0.1) is 0 Å². The molecule has 0 fully saturated rings. The molecule has 0 aliphatic rings. The summed E-state index contributed by atoms with van der Waals surface area (Å²) >= 11 is 2.40. The number of rotatable bonds is 5. The number of hydrogen-bond acceptors (Lipinski definition) is 1. The molecule has 0 aliphatic heterocycles. The van der Waals surface area contributed by atoms with Gasteiger partial charge in [0.05, 0.1) is 6.61 Å². The molecule has 0 unspecified atom stereocenters. The number of unbranched alkanes of at least 4 members (excludes halogenated alkanes) is 1. The van der Waals surface area contributed by atoms with Crippen molar-refractivity contribution in [2.75, 3.05) is 11.0 Å². The highest BCUT2D eigenvalue weighted by atomic mass is 127. The van der Waals surface area contributed by atoms with Gasteiger partial charge in [0.1, 0.15) is 5.75 Å². The van der Waals surface area contributed by atoms with E-state index >= 15 is 0 Å². The van der Waals surface area contributed by atoms with Crippen LogP contribution in [0.3, 0.4) is 0 Å². The molecule has 0 aromatic heterocycles. The molecule has 0 bridgehead atoms. The first-order chi connectivity index (χ1) is 7.54. The van der Waals surface area contributed by atoms with Gasteiger partial charge >= 0.3 is 0 Å². The van der Waals surface area contributed by atoms with E-state index in [1.54, 1.807) is 0 Å². The normalized spacial score (nSPS) is 11.5. The number of halogens is 1. The maximum absolute atomic E-state index is 5.67. The van der Waals surface area contributed by atoms with Crippen LogP contribution in [0.4, 0.5) is 0 Å². The summed E-state index contributed by atoms with van der Waals surface area (Å²) in [5, 5.41) is 0. The summed E-state index contributed by atoms with van der Waals surface area (Å²) < 4.78 is 6.88. The summed E-state index contributed by atoms with van der Waals surface area (Å²) in [5.74, 6) is 0.987. The van der Waals surface area contributed by atoms with Gasteiger partial charge in [-0.25, -0.2) is 0 Å². The van der Waals surface area contributed by atoms with E-state index in [9.17, 15) is 0 Å². The Bertz CT molecular complexity index is 298. The molecule has 0 heterocycles. The lowest BCUT2D eigenvalue weighted by molar-refractivity contribution is 0.310. The van der Waals surface area contributed by atoms with Crippen LogP contribution in [-0.4, -0.2) is 11.0 Å². The highest BCUT2D eigenvalue weighted by Crippen LogP contribution is 2.24. The molecule has 0 N–H and O–H groups in total. The Labute approximate surface area is 113 Å². The van der Waals surface area contributed by atoms with E-state index in [1.165, 1.54) is 16.4 Å². The standard InChI is InChI=1S/C14H21IO/c1-14(2,3)12-6-8-13(9-7-12)16-11-5-4-10-15/h6-9H,4-5,10-11H2,1-3H3. The Morgan fingerprint density at radius 1 is 1.06 bits per heavy atom. The van der Waals surface area contributed by atoms with E-state index in [1.807, 2.05) is 0 Å². The highest BCUT2D eigenvalue weighted by Gasteiger charge is 2.12. The summed E-state index contributed by atoms with van der Waals surface area (Å²) in [6, 6.07) is 8.47. The molecule has 0 radical (unpaired) electrons. The fourth-order valence-electron chi connectivity index (χ4n) is 1.44. The van der Waals surface area contributed by atoms with Crippen LogP contribution in [0.25, 0.3) is 0 Å². The smallest absolute Gasteiger partial charge is 0.119 e. The third-order valence-electron chi connectivity index (χ3n) is 2.52. The zero-order valence-electron chi connectivity index (χ0n) is 10.4. The number of benzene rings is 1. The summed E-state index contributed by atoms with van der Waals surface area (Å²) in [6.45, 7) is 7.51. The van der Waals surface area contributed by atoms with E-state index in [4.69, 9.17) is 4.74 Å². The maximum atomic E-state index is 5.67. The number of hydrogen-bond donors (Lipinski definition) is 0. The lowest BCUT2D eigenvalue weighted by Gasteiger charge is -2.19. The molecule has 1 aromatic carbocycles. The van der Waals surface area contributed by atoms with Crippen LogP contribution in [0.15, 0.2) is 24.3 Å². The summed E-state index contributed by atoms with van der Waals surface area (Å²) in [6.07, 6.45) is 2.38. The quantitative estimate of drug-likeness (QED) is 0.436. The lowest BCUT2D eigenvalue weighted by atomic mass is 9.87. The van der Waals surface area contributed by atoms with Crippen molar-refractivity contribution in [2.45, 2.75) is 39.0 Å². The van der Waals surface area contributed by atoms with Gasteiger partial charge in [0.15, 0.2) is 0 Å². The Kier molecular flexibility index (Phi) is 5.59. The zero-order chi connectivity index (χ0) is 12.0. The molecule has 90 valence electrons. The van der Waals surface area contributed by atoms with Crippen molar-refractivity contribution in [3.8, 4) is 5.75 Å². The molecule has 0 atom stereocenters. The molecule has 2 heteroatoms. The maximum Gasteiger partial charge on any atom is 0.119 e. The topological polar surface area (TPSA) is 9.23 Å². The van der Waals surface area contributed by atoms with E-state index in [0.29, 0.717) is 0 Å². The SMILES string of the molecule is CC(C)(C)c1ccc(OCCCCI)cc1. The van der Waals surface area contributed by atoms with Gasteiger partial charge in [0.2, 0.25) is 0 Å². The molecule has 0 saturated carbocycles. The number of alkyl halides is 1. The van der Waals surface area contributed by atoms with Crippen molar-refractivity contribution in [3.05, 3.63) is 29.8 Å². The predicted molar refractivity (Wildman–Crippen MR) is 78.8 cm³/mol. The van der Waals surface area contributed by atoms with Crippen molar-refractivity contribution >= 4 is 22.6 Å². The van der Waals surface area contributed by atoms with Crippen molar-refractivity contribution in [3.63, 3.8) is 0 Å². The van der Waals surface area contributed by atoms with Crippen LogP contribution in [0.1, 0.15) is 39.2 Å². The monoisotopic (exact) mass is 332 g/mol. The minimum absolute atomic E-state index is 0.222. The molecule has 1 aromatic rings. The molecule has 0 spiro atoms. The molecule has 0 saturated heterocycles. The van der Waals surface area contributed by atoms with Gasteiger partial charge in [-0.05, 0) is 40.4 Å². The van der Waals surface area contributed by atoms with Crippen LogP contribution in [0.5, 0.6) is 5.75 Å².